The van der Waals surface area contributed by atoms with Gasteiger partial charge in [0.25, 0.3) is 0 Å². The molecule has 4 nitrogen and oxygen atoms in total. The number of benzene rings is 1. The summed E-state index contributed by atoms with van der Waals surface area (Å²) in [6.45, 7) is 6.77. The van der Waals surface area contributed by atoms with Gasteiger partial charge in [-0.15, -0.1) is 0 Å². The van der Waals surface area contributed by atoms with E-state index < -0.39 is 11.9 Å². The number of aliphatic carboxylic acids is 1. The van der Waals surface area contributed by atoms with Crippen LogP contribution in [0, 0.1) is 19.8 Å². The predicted molar refractivity (Wildman–Crippen MR) is 67.4 cm³/mol. The third kappa shape index (κ3) is 2.28. The first kappa shape index (κ1) is 12.7. The summed E-state index contributed by atoms with van der Waals surface area (Å²) in [7, 11) is 0. The average molecular weight is 250 g/mol. The van der Waals surface area contributed by atoms with Crippen LogP contribution in [0.1, 0.15) is 23.6 Å². The Labute approximate surface area is 107 Å². The summed E-state index contributed by atoms with van der Waals surface area (Å²) in [6.07, 6.45) is 0.467. The van der Waals surface area contributed by atoms with Crippen LogP contribution in [0.15, 0.2) is 6.07 Å². The number of carbonyl (C=O) groups is 1. The predicted octanol–water partition coefficient (Wildman–Crippen LogP) is 2.34. The van der Waals surface area contributed by atoms with E-state index in [0.29, 0.717) is 19.6 Å². The molecule has 1 atom stereocenters. The lowest BCUT2D eigenvalue weighted by molar-refractivity contribution is -0.141. The van der Waals surface area contributed by atoms with E-state index in [1.165, 1.54) is 0 Å². The number of hydrogen-bond donors (Lipinski definition) is 1. The fourth-order valence-electron chi connectivity index (χ4n) is 2.13. The zero-order valence-electron chi connectivity index (χ0n) is 10.9. The van der Waals surface area contributed by atoms with Gasteiger partial charge in [0.2, 0.25) is 0 Å². The molecule has 1 unspecified atom stereocenters. The van der Waals surface area contributed by atoms with Crippen LogP contribution in [0.25, 0.3) is 0 Å². The normalized spacial score (nSPS) is 15.3. The van der Waals surface area contributed by atoms with Crippen LogP contribution in [0.3, 0.4) is 0 Å². The van der Waals surface area contributed by atoms with Crippen molar-refractivity contribution in [1.29, 1.82) is 0 Å². The summed E-state index contributed by atoms with van der Waals surface area (Å²) in [5.41, 5.74) is 3.15. The monoisotopic (exact) mass is 250 g/mol. The Hall–Kier alpha value is -1.71. The van der Waals surface area contributed by atoms with Crippen LogP contribution >= 0.6 is 0 Å². The molecule has 0 saturated heterocycles. The first-order valence-electron chi connectivity index (χ1n) is 6.12. The van der Waals surface area contributed by atoms with Crippen molar-refractivity contribution in [2.45, 2.75) is 27.2 Å². The first-order chi connectivity index (χ1) is 8.50. The van der Waals surface area contributed by atoms with Gasteiger partial charge in [-0.2, -0.15) is 0 Å². The molecule has 0 fully saturated rings. The summed E-state index contributed by atoms with van der Waals surface area (Å²) in [6, 6.07) is 1.96. The number of fused-ring (bicyclic) bond motifs is 1. The molecule has 1 heterocycles. The number of rotatable bonds is 3. The highest BCUT2D eigenvalue weighted by Gasteiger charge is 2.23. The molecule has 0 saturated carbocycles. The third-order valence-electron chi connectivity index (χ3n) is 3.41. The van der Waals surface area contributed by atoms with Crippen molar-refractivity contribution in [3.8, 4) is 11.5 Å². The molecule has 1 aromatic rings. The van der Waals surface area contributed by atoms with Crippen molar-refractivity contribution >= 4 is 5.97 Å². The minimum Gasteiger partial charge on any atom is -0.486 e. The molecule has 2 rings (SSSR count). The summed E-state index contributed by atoms with van der Waals surface area (Å²) < 4.78 is 11.2. The molecular formula is C14H18O4. The maximum absolute atomic E-state index is 11.0. The van der Waals surface area contributed by atoms with E-state index in [4.69, 9.17) is 14.6 Å². The molecule has 1 aromatic carbocycles. The highest BCUT2D eigenvalue weighted by Crippen LogP contribution is 2.38. The average Bonchev–Trinajstić information content (AvgIpc) is 2.34. The van der Waals surface area contributed by atoms with Gasteiger partial charge in [0.15, 0.2) is 11.5 Å². The van der Waals surface area contributed by atoms with Crippen LogP contribution < -0.4 is 9.47 Å². The van der Waals surface area contributed by atoms with Gasteiger partial charge < -0.3 is 14.6 Å². The summed E-state index contributed by atoms with van der Waals surface area (Å²) in [5, 5.41) is 9.04. The Kier molecular flexibility index (Phi) is 3.45. The standard InChI is InChI=1S/C14H18O4/c1-8-7-12-13(18-5-4-17-12)11(10(8)3)6-9(2)14(15)16/h7,9H,4-6H2,1-3H3,(H,15,16). The minimum atomic E-state index is -0.790. The fourth-order valence-corrected chi connectivity index (χ4v) is 2.13. The first-order valence-corrected chi connectivity index (χ1v) is 6.12. The molecule has 0 radical (unpaired) electrons. The van der Waals surface area contributed by atoms with Crippen molar-refractivity contribution in [3.63, 3.8) is 0 Å². The molecule has 1 N–H and O–H groups in total. The second kappa shape index (κ2) is 4.88. The summed E-state index contributed by atoms with van der Waals surface area (Å²) in [4.78, 5) is 11.0. The van der Waals surface area contributed by atoms with Gasteiger partial charge in [-0.3, -0.25) is 4.79 Å². The lowest BCUT2D eigenvalue weighted by Crippen LogP contribution is -2.20. The summed E-state index contributed by atoms with van der Waals surface area (Å²) >= 11 is 0. The molecule has 18 heavy (non-hydrogen) atoms. The second-order valence-electron chi connectivity index (χ2n) is 4.76. The second-order valence-corrected chi connectivity index (χ2v) is 4.76. The van der Waals surface area contributed by atoms with Crippen molar-refractivity contribution < 1.29 is 19.4 Å². The highest BCUT2D eigenvalue weighted by molar-refractivity contribution is 5.70. The molecule has 4 heteroatoms. The van der Waals surface area contributed by atoms with Gasteiger partial charge in [-0.05, 0) is 37.5 Å². The molecule has 1 aliphatic heterocycles. The number of ether oxygens (including phenoxy) is 2. The number of hydrogen-bond acceptors (Lipinski definition) is 3. The van der Waals surface area contributed by atoms with Gasteiger partial charge in [0.1, 0.15) is 13.2 Å². The van der Waals surface area contributed by atoms with E-state index in [-0.39, 0.29) is 0 Å². The minimum absolute atomic E-state index is 0.430. The Morgan fingerprint density at radius 1 is 1.39 bits per heavy atom. The molecule has 0 spiro atoms. The maximum atomic E-state index is 11.0. The zero-order chi connectivity index (χ0) is 13.3. The third-order valence-corrected chi connectivity index (χ3v) is 3.41. The van der Waals surface area contributed by atoms with Crippen LogP contribution in [-0.4, -0.2) is 24.3 Å². The zero-order valence-corrected chi connectivity index (χ0v) is 10.9. The van der Waals surface area contributed by atoms with Crippen LogP contribution in [-0.2, 0) is 11.2 Å². The van der Waals surface area contributed by atoms with Crippen LogP contribution in [0.4, 0.5) is 0 Å². The van der Waals surface area contributed by atoms with Gasteiger partial charge >= 0.3 is 5.97 Å². The van der Waals surface area contributed by atoms with E-state index in [1.807, 2.05) is 19.9 Å². The molecule has 0 aliphatic carbocycles. The SMILES string of the molecule is Cc1cc2c(c(CC(C)C(=O)O)c1C)OCCO2. The Morgan fingerprint density at radius 3 is 2.72 bits per heavy atom. The number of aryl methyl sites for hydroxylation is 1. The molecule has 98 valence electrons. The largest absolute Gasteiger partial charge is 0.486 e. The lowest BCUT2D eigenvalue weighted by Gasteiger charge is -2.24. The van der Waals surface area contributed by atoms with Crippen molar-refractivity contribution in [3.05, 3.63) is 22.8 Å². The van der Waals surface area contributed by atoms with E-state index in [1.54, 1.807) is 6.92 Å². The number of carboxylic acids is 1. The van der Waals surface area contributed by atoms with Gasteiger partial charge in [-0.1, -0.05) is 6.92 Å². The van der Waals surface area contributed by atoms with Gasteiger partial charge in [0.05, 0.1) is 5.92 Å². The topological polar surface area (TPSA) is 55.8 Å². The smallest absolute Gasteiger partial charge is 0.306 e. The molecular weight excluding hydrogens is 232 g/mol. The van der Waals surface area contributed by atoms with Gasteiger partial charge in [-0.25, -0.2) is 0 Å². The van der Waals surface area contributed by atoms with Crippen molar-refractivity contribution in [2.75, 3.05) is 13.2 Å². The number of carboxylic acid groups (broad SMARTS) is 1. The van der Waals surface area contributed by atoms with Gasteiger partial charge in [0, 0.05) is 5.56 Å². The van der Waals surface area contributed by atoms with E-state index in [0.717, 1.165) is 28.2 Å². The van der Waals surface area contributed by atoms with E-state index in [2.05, 4.69) is 0 Å². The van der Waals surface area contributed by atoms with Crippen LogP contribution in [0.5, 0.6) is 11.5 Å². The van der Waals surface area contributed by atoms with Crippen molar-refractivity contribution in [2.24, 2.45) is 5.92 Å². The quantitative estimate of drug-likeness (QED) is 0.894. The molecule has 0 amide bonds. The molecule has 1 aliphatic rings. The highest BCUT2D eigenvalue weighted by atomic mass is 16.6. The summed E-state index contributed by atoms with van der Waals surface area (Å²) in [5.74, 6) is 0.232. The van der Waals surface area contributed by atoms with Crippen molar-refractivity contribution in [1.82, 2.24) is 0 Å². The van der Waals surface area contributed by atoms with E-state index in [9.17, 15) is 4.79 Å². The van der Waals surface area contributed by atoms with Crippen LogP contribution in [0.2, 0.25) is 0 Å². The van der Waals surface area contributed by atoms with E-state index >= 15 is 0 Å². The Bertz CT molecular complexity index is 479. The fraction of sp³-hybridized carbons (Fsp3) is 0.500. The lowest BCUT2D eigenvalue weighted by atomic mass is 9.93. The Morgan fingerprint density at radius 2 is 2.06 bits per heavy atom. The molecule has 0 bridgehead atoms. The molecule has 0 aromatic heterocycles. The maximum Gasteiger partial charge on any atom is 0.306 e. The Balaban J connectivity index is 2.43.